The molecule has 1 heterocycles. The molecule has 0 aliphatic rings. The Morgan fingerprint density at radius 1 is 1.05 bits per heavy atom. The Labute approximate surface area is 130 Å². The van der Waals surface area contributed by atoms with E-state index in [1.165, 1.54) is 0 Å². The molecule has 1 aromatic heterocycles. The summed E-state index contributed by atoms with van der Waals surface area (Å²) in [5, 5.41) is 3.10. The molecule has 2 aromatic rings. The molecule has 8 heteroatoms. The molecule has 0 unspecified atom stereocenters. The van der Waals surface area contributed by atoms with Gasteiger partial charge in [-0.3, -0.25) is 4.72 Å². The van der Waals surface area contributed by atoms with Crippen molar-refractivity contribution in [2.24, 2.45) is 0 Å². The summed E-state index contributed by atoms with van der Waals surface area (Å²) in [5.74, 6) is 1.30. The van der Waals surface area contributed by atoms with E-state index in [0.29, 0.717) is 11.6 Å². The van der Waals surface area contributed by atoms with E-state index >= 15 is 0 Å². The Bertz CT molecular complexity index is 757. The number of rotatable bonds is 5. The average Bonchev–Trinajstić information content (AvgIpc) is 2.38. The summed E-state index contributed by atoms with van der Waals surface area (Å²) in [6, 6.07) is 8.76. The third-order valence-corrected chi connectivity index (χ3v) is 3.35. The fourth-order valence-corrected chi connectivity index (χ4v) is 2.37. The number of nitrogens with zero attached hydrogens (tertiary/aromatic N) is 3. The molecule has 0 aliphatic heterocycles. The van der Waals surface area contributed by atoms with Gasteiger partial charge >= 0.3 is 0 Å². The van der Waals surface area contributed by atoms with Gasteiger partial charge in [-0.15, -0.1) is 0 Å². The van der Waals surface area contributed by atoms with Crippen LogP contribution < -0.4 is 14.9 Å². The highest BCUT2D eigenvalue weighted by Gasteiger charge is 2.05. The fourth-order valence-electron chi connectivity index (χ4n) is 1.80. The van der Waals surface area contributed by atoms with Gasteiger partial charge in [-0.1, -0.05) is 0 Å². The average molecular weight is 321 g/mol. The first-order valence-corrected chi connectivity index (χ1v) is 8.50. The zero-order valence-electron chi connectivity index (χ0n) is 13.0. The predicted octanol–water partition coefficient (Wildman–Crippen LogP) is 1.97. The van der Waals surface area contributed by atoms with E-state index < -0.39 is 10.0 Å². The number of hydrogen-bond donors (Lipinski definition) is 2. The van der Waals surface area contributed by atoms with Crippen LogP contribution in [-0.4, -0.2) is 38.7 Å². The van der Waals surface area contributed by atoms with Crippen LogP contribution in [0.3, 0.4) is 0 Å². The molecule has 0 saturated heterocycles. The molecular weight excluding hydrogens is 302 g/mol. The highest BCUT2D eigenvalue weighted by Crippen LogP contribution is 2.19. The van der Waals surface area contributed by atoms with Crippen LogP contribution in [0.1, 0.15) is 5.69 Å². The molecule has 0 atom stereocenters. The molecule has 7 nitrogen and oxygen atoms in total. The maximum absolute atomic E-state index is 11.2. The molecule has 1 aromatic carbocycles. The van der Waals surface area contributed by atoms with E-state index in [1.54, 1.807) is 24.3 Å². The number of nitrogens with one attached hydrogen (secondary N) is 2. The van der Waals surface area contributed by atoms with Crippen molar-refractivity contribution in [2.45, 2.75) is 6.92 Å². The largest absolute Gasteiger partial charge is 0.363 e. The van der Waals surface area contributed by atoms with Crippen molar-refractivity contribution < 1.29 is 8.42 Å². The molecule has 2 N–H and O–H groups in total. The molecule has 22 heavy (non-hydrogen) atoms. The van der Waals surface area contributed by atoms with Crippen molar-refractivity contribution in [1.29, 1.82) is 0 Å². The van der Waals surface area contributed by atoms with Gasteiger partial charge in [-0.2, -0.15) is 4.98 Å². The van der Waals surface area contributed by atoms with Gasteiger partial charge in [0.2, 0.25) is 16.0 Å². The topological polar surface area (TPSA) is 87.2 Å². The van der Waals surface area contributed by atoms with Gasteiger partial charge in [0.05, 0.1) is 6.26 Å². The maximum atomic E-state index is 11.2. The smallest absolute Gasteiger partial charge is 0.229 e. The van der Waals surface area contributed by atoms with Crippen LogP contribution in [0.15, 0.2) is 30.3 Å². The van der Waals surface area contributed by atoms with Gasteiger partial charge < -0.3 is 10.2 Å². The Kier molecular flexibility index (Phi) is 4.51. The van der Waals surface area contributed by atoms with E-state index in [-0.39, 0.29) is 0 Å². The minimum Gasteiger partial charge on any atom is -0.363 e. The van der Waals surface area contributed by atoms with Crippen LogP contribution in [0.4, 0.5) is 23.1 Å². The molecule has 118 valence electrons. The van der Waals surface area contributed by atoms with Crippen LogP contribution >= 0.6 is 0 Å². The normalized spacial score (nSPS) is 11.1. The molecule has 0 radical (unpaired) electrons. The van der Waals surface area contributed by atoms with Crippen molar-refractivity contribution in [3.05, 3.63) is 36.0 Å². The van der Waals surface area contributed by atoms with Gasteiger partial charge in [0.15, 0.2) is 0 Å². The van der Waals surface area contributed by atoms with Gasteiger partial charge in [-0.05, 0) is 31.2 Å². The first kappa shape index (κ1) is 16.0. The second-order valence-corrected chi connectivity index (χ2v) is 6.91. The fraction of sp³-hybridized carbons (Fsp3) is 0.286. The third kappa shape index (κ3) is 4.59. The van der Waals surface area contributed by atoms with E-state index in [1.807, 2.05) is 32.0 Å². The van der Waals surface area contributed by atoms with Gasteiger partial charge in [0, 0.05) is 37.2 Å². The monoisotopic (exact) mass is 321 g/mol. The number of sulfonamides is 1. The second kappa shape index (κ2) is 6.18. The molecular formula is C14H19N5O2S. The molecule has 0 spiro atoms. The van der Waals surface area contributed by atoms with Crippen LogP contribution in [0.5, 0.6) is 0 Å². The van der Waals surface area contributed by atoms with E-state index in [0.717, 1.165) is 23.5 Å². The SMILES string of the molecule is Cc1cc(N(C)C)nc(Nc2ccc(NS(C)(=O)=O)cc2)n1. The molecule has 0 amide bonds. The van der Waals surface area contributed by atoms with E-state index in [4.69, 9.17) is 0 Å². The molecule has 0 saturated carbocycles. The lowest BCUT2D eigenvalue weighted by Crippen LogP contribution is -2.12. The van der Waals surface area contributed by atoms with Crippen LogP contribution in [0.25, 0.3) is 0 Å². The quantitative estimate of drug-likeness (QED) is 0.875. The second-order valence-electron chi connectivity index (χ2n) is 5.16. The lowest BCUT2D eigenvalue weighted by molar-refractivity contribution is 0.607. The first-order valence-electron chi connectivity index (χ1n) is 6.61. The zero-order chi connectivity index (χ0) is 16.3. The third-order valence-electron chi connectivity index (χ3n) is 2.74. The van der Waals surface area contributed by atoms with Crippen LogP contribution in [0, 0.1) is 6.92 Å². The van der Waals surface area contributed by atoms with Crippen molar-refractivity contribution >= 4 is 33.2 Å². The summed E-state index contributed by atoms with van der Waals surface area (Å²) in [6.45, 7) is 1.90. The molecule has 0 fully saturated rings. The van der Waals surface area contributed by atoms with Gasteiger partial charge in [-0.25, -0.2) is 13.4 Å². The Hall–Kier alpha value is -2.35. The Balaban J connectivity index is 2.17. The Morgan fingerprint density at radius 3 is 2.18 bits per heavy atom. The van der Waals surface area contributed by atoms with E-state index in [9.17, 15) is 8.42 Å². The van der Waals surface area contributed by atoms with Gasteiger partial charge in [0.25, 0.3) is 0 Å². The predicted molar refractivity (Wildman–Crippen MR) is 89.3 cm³/mol. The summed E-state index contributed by atoms with van der Waals surface area (Å²) >= 11 is 0. The number of hydrogen-bond acceptors (Lipinski definition) is 6. The highest BCUT2D eigenvalue weighted by molar-refractivity contribution is 7.92. The number of anilines is 4. The van der Waals surface area contributed by atoms with Crippen molar-refractivity contribution in [2.75, 3.05) is 35.3 Å². The van der Waals surface area contributed by atoms with Crippen molar-refractivity contribution in [1.82, 2.24) is 9.97 Å². The Morgan fingerprint density at radius 2 is 1.64 bits per heavy atom. The zero-order valence-corrected chi connectivity index (χ0v) is 13.8. The number of aromatic nitrogens is 2. The minimum absolute atomic E-state index is 0.493. The van der Waals surface area contributed by atoms with Crippen molar-refractivity contribution in [3.8, 4) is 0 Å². The molecule has 0 bridgehead atoms. The molecule has 0 aliphatic carbocycles. The summed E-state index contributed by atoms with van der Waals surface area (Å²) in [6.07, 6.45) is 1.11. The van der Waals surface area contributed by atoms with Crippen LogP contribution in [-0.2, 0) is 10.0 Å². The van der Waals surface area contributed by atoms with Gasteiger partial charge in [0.1, 0.15) is 5.82 Å². The highest BCUT2D eigenvalue weighted by atomic mass is 32.2. The van der Waals surface area contributed by atoms with Crippen LogP contribution in [0.2, 0.25) is 0 Å². The summed E-state index contributed by atoms with van der Waals surface area (Å²) < 4.78 is 24.7. The van der Waals surface area contributed by atoms with E-state index in [2.05, 4.69) is 20.0 Å². The number of benzene rings is 1. The summed E-state index contributed by atoms with van der Waals surface area (Å²) in [7, 11) is 0.557. The maximum Gasteiger partial charge on any atom is 0.229 e. The summed E-state index contributed by atoms with van der Waals surface area (Å²) in [5.41, 5.74) is 2.14. The molecule has 2 rings (SSSR count). The number of aryl methyl sites for hydroxylation is 1. The standard InChI is InChI=1S/C14H19N5O2S/c1-10-9-13(19(2)3)17-14(15-10)16-11-5-7-12(8-6-11)18-22(4,20)21/h5-9,18H,1-4H3,(H,15,16,17). The minimum atomic E-state index is -3.27. The summed E-state index contributed by atoms with van der Waals surface area (Å²) in [4.78, 5) is 10.6. The first-order chi connectivity index (χ1) is 10.2. The lowest BCUT2D eigenvalue weighted by Gasteiger charge is -2.14. The lowest BCUT2D eigenvalue weighted by atomic mass is 10.3. The van der Waals surface area contributed by atoms with Crippen molar-refractivity contribution in [3.63, 3.8) is 0 Å².